The second-order valence-electron chi connectivity index (χ2n) is 5.70. The van der Waals surface area contributed by atoms with Crippen LogP contribution in [0.25, 0.3) is 22.0 Å². The standard InChI is InChI=1S/C20H16FN3O/c21-17-12-16-2-1-7-23-20(16)19(13-17)15-3-5-18(6-4-15)25-11-10-24-9-8-22-14-24/h1-9,12-14H,10-11H2. The number of hydrogen-bond acceptors (Lipinski definition) is 3. The Morgan fingerprint density at radius 3 is 2.72 bits per heavy atom. The summed E-state index contributed by atoms with van der Waals surface area (Å²) in [5.41, 5.74) is 2.48. The normalized spacial score (nSPS) is 10.9. The minimum atomic E-state index is -0.267. The molecule has 4 aromatic rings. The smallest absolute Gasteiger partial charge is 0.124 e. The third kappa shape index (κ3) is 3.35. The molecule has 0 N–H and O–H groups in total. The van der Waals surface area contributed by atoms with Crippen LogP contribution in [0.3, 0.4) is 0 Å². The molecule has 0 spiro atoms. The maximum Gasteiger partial charge on any atom is 0.124 e. The zero-order valence-electron chi connectivity index (χ0n) is 13.5. The zero-order valence-corrected chi connectivity index (χ0v) is 13.5. The second-order valence-corrected chi connectivity index (χ2v) is 5.70. The largest absolute Gasteiger partial charge is 0.492 e. The fraction of sp³-hybridized carbons (Fsp3) is 0.100. The third-order valence-electron chi connectivity index (χ3n) is 4.01. The summed E-state index contributed by atoms with van der Waals surface area (Å²) in [4.78, 5) is 8.39. The van der Waals surface area contributed by atoms with Crippen LogP contribution in [0.5, 0.6) is 5.75 Å². The number of ether oxygens (including phenoxy) is 1. The number of nitrogens with zero attached hydrogens (tertiary/aromatic N) is 3. The van der Waals surface area contributed by atoms with Crippen LogP contribution in [0.1, 0.15) is 0 Å². The lowest BCUT2D eigenvalue weighted by atomic mass is 10.0. The Labute approximate surface area is 144 Å². The van der Waals surface area contributed by atoms with Crippen molar-refractivity contribution in [2.24, 2.45) is 0 Å². The summed E-state index contributed by atoms with van der Waals surface area (Å²) in [6.45, 7) is 1.29. The van der Waals surface area contributed by atoms with E-state index in [0.717, 1.165) is 34.3 Å². The Hall–Kier alpha value is -3.21. The van der Waals surface area contributed by atoms with Crippen molar-refractivity contribution in [2.45, 2.75) is 6.54 Å². The van der Waals surface area contributed by atoms with Crippen molar-refractivity contribution in [1.82, 2.24) is 14.5 Å². The van der Waals surface area contributed by atoms with Crippen LogP contribution in [0, 0.1) is 5.82 Å². The van der Waals surface area contributed by atoms with Gasteiger partial charge in [-0.2, -0.15) is 0 Å². The van der Waals surface area contributed by atoms with Crippen molar-refractivity contribution in [1.29, 1.82) is 0 Å². The minimum absolute atomic E-state index is 0.267. The van der Waals surface area contributed by atoms with Gasteiger partial charge < -0.3 is 9.30 Å². The number of rotatable bonds is 5. The highest BCUT2D eigenvalue weighted by Gasteiger charge is 2.08. The molecule has 2 aromatic heterocycles. The fourth-order valence-electron chi connectivity index (χ4n) is 2.79. The predicted octanol–water partition coefficient (Wildman–Crippen LogP) is 4.32. The van der Waals surface area contributed by atoms with E-state index in [4.69, 9.17) is 4.74 Å². The SMILES string of the molecule is Fc1cc(-c2ccc(OCCn3ccnc3)cc2)c2ncccc2c1. The van der Waals surface area contributed by atoms with E-state index in [0.29, 0.717) is 6.61 Å². The van der Waals surface area contributed by atoms with Crippen LogP contribution in [-0.4, -0.2) is 21.1 Å². The Morgan fingerprint density at radius 2 is 1.92 bits per heavy atom. The van der Waals surface area contributed by atoms with Crippen molar-refractivity contribution in [3.8, 4) is 16.9 Å². The number of hydrogen-bond donors (Lipinski definition) is 0. The first-order valence-electron chi connectivity index (χ1n) is 8.03. The number of aromatic nitrogens is 3. The molecule has 5 heteroatoms. The van der Waals surface area contributed by atoms with Crippen LogP contribution in [-0.2, 0) is 6.54 Å². The Balaban J connectivity index is 1.54. The third-order valence-corrected chi connectivity index (χ3v) is 4.01. The second kappa shape index (κ2) is 6.73. The van der Waals surface area contributed by atoms with Crippen LogP contribution in [0.2, 0.25) is 0 Å². The summed E-state index contributed by atoms with van der Waals surface area (Å²) < 4.78 is 21.6. The average Bonchev–Trinajstić information content (AvgIpc) is 3.15. The van der Waals surface area contributed by atoms with Gasteiger partial charge in [0.05, 0.1) is 18.4 Å². The van der Waals surface area contributed by atoms with E-state index in [-0.39, 0.29) is 5.82 Å². The summed E-state index contributed by atoms with van der Waals surface area (Å²) in [7, 11) is 0. The Kier molecular flexibility index (Phi) is 4.12. The molecule has 4 rings (SSSR count). The van der Waals surface area contributed by atoms with Gasteiger partial charge in [0.25, 0.3) is 0 Å². The molecule has 2 heterocycles. The molecule has 0 saturated heterocycles. The maximum absolute atomic E-state index is 13.9. The first kappa shape index (κ1) is 15.3. The highest BCUT2D eigenvalue weighted by atomic mass is 19.1. The molecule has 0 atom stereocenters. The van der Waals surface area contributed by atoms with E-state index in [1.807, 2.05) is 47.2 Å². The van der Waals surface area contributed by atoms with E-state index in [1.54, 1.807) is 18.7 Å². The summed E-state index contributed by atoms with van der Waals surface area (Å²) in [5.74, 6) is 0.508. The van der Waals surface area contributed by atoms with E-state index >= 15 is 0 Å². The van der Waals surface area contributed by atoms with E-state index < -0.39 is 0 Å². The molecule has 0 fully saturated rings. The molecule has 0 unspecified atom stereocenters. The molecule has 0 bridgehead atoms. The minimum Gasteiger partial charge on any atom is -0.492 e. The Morgan fingerprint density at radius 1 is 1.04 bits per heavy atom. The lowest BCUT2D eigenvalue weighted by Crippen LogP contribution is -2.06. The molecular weight excluding hydrogens is 317 g/mol. The van der Waals surface area contributed by atoms with E-state index in [9.17, 15) is 4.39 Å². The molecule has 0 aliphatic carbocycles. The number of pyridine rings is 1. The maximum atomic E-state index is 13.9. The van der Waals surface area contributed by atoms with Crippen LogP contribution >= 0.6 is 0 Å². The van der Waals surface area contributed by atoms with Crippen molar-refractivity contribution in [3.05, 3.63) is 79.3 Å². The zero-order chi connectivity index (χ0) is 17.1. The van der Waals surface area contributed by atoms with Gasteiger partial charge in [0.2, 0.25) is 0 Å². The monoisotopic (exact) mass is 333 g/mol. The molecule has 124 valence electrons. The van der Waals surface area contributed by atoms with Crippen LogP contribution in [0.4, 0.5) is 4.39 Å². The lowest BCUT2D eigenvalue weighted by molar-refractivity contribution is 0.298. The molecule has 0 amide bonds. The highest BCUT2D eigenvalue weighted by molar-refractivity contribution is 5.93. The Bertz CT molecular complexity index is 982. The summed E-state index contributed by atoms with van der Waals surface area (Å²) in [5, 5.41) is 0.790. The molecule has 0 saturated carbocycles. The van der Waals surface area contributed by atoms with Gasteiger partial charge in [0, 0.05) is 29.5 Å². The number of fused-ring (bicyclic) bond motifs is 1. The lowest BCUT2D eigenvalue weighted by Gasteiger charge is -2.09. The van der Waals surface area contributed by atoms with E-state index in [2.05, 4.69) is 9.97 Å². The first-order valence-corrected chi connectivity index (χ1v) is 8.03. The quantitative estimate of drug-likeness (QED) is 0.546. The van der Waals surface area contributed by atoms with Crippen molar-refractivity contribution >= 4 is 10.9 Å². The van der Waals surface area contributed by atoms with Crippen molar-refractivity contribution < 1.29 is 9.13 Å². The average molecular weight is 333 g/mol. The van der Waals surface area contributed by atoms with Gasteiger partial charge >= 0.3 is 0 Å². The summed E-state index contributed by atoms with van der Waals surface area (Å²) in [6, 6.07) is 14.3. The van der Waals surface area contributed by atoms with Gasteiger partial charge in [0.1, 0.15) is 18.2 Å². The molecule has 2 aromatic carbocycles. The fourth-order valence-corrected chi connectivity index (χ4v) is 2.79. The molecule has 0 aliphatic heterocycles. The number of imidazole rings is 1. The van der Waals surface area contributed by atoms with Crippen LogP contribution in [0.15, 0.2) is 73.4 Å². The van der Waals surface area contributed by atoms with Gasteiger partial charge in [-0.15, -0.1) is 0 Å². The van der Waals surface area contributed by atoms with E-state index in [1.165, 1.54) is 12.1 Å². The van der Waals surface area contributed by atoms with Crippen molar-refractivity contribution in [3.63, 3.8) is 0 Å². The summed E-state index contributed by atoms with van der Waals surface area (Å²) in [6.07, 6.45) is 7.12. The van der Waals surface area contributed by atoms with Gasteiger partial charge in [0.15, 0.2) is 0 Å². The molecular formula is C20H16FN3O. The van der Waals surface area contributed by atoms with Crippen LogP contribution < -0.4 is 4.74 Å². The topological polar surface area (TPSA) is 39.9 Å². The van der Waals surface area contributed by atoms with Gasteiger partial charge in [-0.3, -0.25) is 4.98 Å². The van der Waals surface area contributed by atoms with Gasteiger partial charge in [-0.05, 0) is 35.9 Å². The molecule has 0 aliphatic rings. The molecule has 0 radical (unpaired) electrons. The van der Waals surface area contributed by atoms with Crippen molar-refractivity contribution in [2.75, 3.05) is 6.61 Å². The predicted molar refractivity (Wildman–Crippen MR) is 94.9 cm³/mol. The summed E-state index contributed by atoms with van der Waals surface area (Å²) >= 11 is 0. The van der Waals surface area contributed by atoms with Gasteiger partial charge in [-0.1, -0.05) is 18.2 Å². The van der Waals surface area contributed by atoms with Gasteiger partial charge in [-0.25, -0.2) is 9.37 Å². The number of halogens is 1. The molecule has 25 heavy (non-hydrogen) atoms. The molecule has 4 nitrogen and oxygen atoms in total. The highest BCUT2D eigenvalue weighted by Crippen LogP contribution is 2.29. The number of benzene rings is 2. The first-order chi connectivity index (χ1) is 12.3.